The number of hydrogen-bond donors (Lipinski definition) is 1. The number of rotatable bonds is 8. The third kappa shape index (κ3) is 6.67. The van der Waals surface area contributed by atoms with Gasteiger partial charge in [0.15, 0.2) is 5.82 Å². The molecule has 14 heteroatoms. The second-order valence-electron chi connectivity index (χ2n) is 9.72. The molecule has 4 heterocycles. The highest BCUT2D eigenvalue weighted by Gasteiger charge is 2.33. The first-order valence-corrected chi connectivity index (χ1v) is 15.2. The van der Waals surface area contributed by atoms with Crippen molar-refractivity contribution >= 4 is 30.6 Å². The smallest absolute Gasteiger partial charge is 0.361 e. The lowest BCUT2D eigenvalue weighted by atomic mass is 10.2. The fourth-order valence-electron chi connectivity index (χ4n) is 3.44. The van der Waals surface area contributed by atoms with E-state index in [1.54, 1.807) is 16.8 Å². The van der Waals surface area contributed by atoms with Gasteiger partial charge in [-0.1, -0.05) is 25.7 Å². The molecule has 0 amide bonds. The summed E-state index contributed by atoms with van der Waals surface area (Å²) in [4.78, 5) is 15.8. The van der Waals surface area contributed by atoms with Gasteiger partial charge in [0.1, 0.15) is 35.3 Å². The van der Waals surface area contributed by atoms with Crippen LogP contribution in [0.5, 0.6) is 0 Å². The van der Waals surface area contributed by atoms with E-state index in [0.29, 0.717) is 17.6 Å². The van der Waals surface area contributed by atoms with Crippen LogP contribution in [-0.2, 0) is 23.8 Å². The summed E-state index contributed by atoms with van der Waals surface area (Å²) in [5.41, 5.74) is -2.03. The van der Waals surface area contributed by atoms with Gasteiger partial charge in [-0.25, -0.2) is 15.0 Å². The summed E-state index contributed by atoms with van der Waals surface area (Å²) in [6, 6.07) is 8.04. The van der Waals surface area contributed by atoms with E-state index in [-0.39, 0.29) is 29.8 Å². The predicted molar refractivity (Wildman–Crippen MR) is 132 cm³/mol. The standard InChI is InChI=1S/C24H24F6N6OSi/c1-38(2,3)12-11-37-14-36-10-8-16-20(32-15-7-9-31-19(13-15)24(28,29)30)34-21(35-22(16)36)17-5-4-6-18(33-17)23(25,26)27/h4-10,13H,11-12,14H2,1-3H3,(H,31,32,34,35). The maximum atomic E-state index is 13.3. The lowest BCUT2D eigenvalue weighted by Gasteiger charge is -2.16. The zero-order valence-corrected chi connectivity index (χ0v) is 21.7. The molecule has 4 aromatic rings. The second kappa shape index (κ2) is 10.3. The van der Waals surface area contributed by atoms with Gasteiger partial charge in [0.2, 0.25) is 0 Å². The van der Waals surface area contributed by atoms with Crippen LogP contribution >= 0.6 is 0 Å². The maximum Gasteiger partial charge on any atom is 0.433 e. The number of pyridine rings is 2. The lowest BCUT2D eigenvalue weighted by Crippen LogP contribution is -2.22. The summed E-state index contributed by atoms with van der Waals surface area (Å²) >= 11 is 0. The second-order valence-corrected chi connectivity index (χ2v) is 15.3. The van der Waals surface area contributed by atoms with Crippen LogP contribution in [0.15, 0.2) is 48.8 Å². The molecule has 0 saturated heterocycles. The largest absolute Gasteiger partial charge is 0.433 e. The van der Waals surface area contributed by atoms with E-state index >= 15 is 0 Å². The molecule has 0 unspecified atom stereocenters. The molecule has 0 atom stereocenters. The van der Waals surface area contributed by atoms with E-state index in [0.717, 1.165) is 24.4 Å². The Labute approximate surface area is 214 Å². The first-order chi connectivity index (χ1) is 17.7. The van der Waals surface area contributed by atoms with E-state index in [1.807, 2.05) is 0 Å². The molecule has 0 aliphatic rings. The van der Waals surface area contributed by atoms with Crippen molar-refractivity contribution in [1.29, 1.82) is 0 Å². The molecule has 4 aromatic heterocycles. The molecule has 0 spiro atoms. The van der Waals surface area contributed by atoms with Gasteiger partial charge in [0.05, 0.1) is 5.39 Å². The average Bonchev–Trinajstić information content (AvgIpc) is 3.24. The topological polar surface area (TPSA) is 77.8 Å². The molecular formula is C24H24F6N6OSi. The SMILES string of the molecule is C[Si](C)(C)CCOCn1ccc2c(Nc3ccnc(C(F)(F)F)c3)nc(-c3cccc(C(F)(F)F)n3)nc21. The molecule has 0 saturated carbocycles. The van der Waals surface area contributed by atoms with Gasteiger partial charge in [-0.2, -0.15) is 26.3 Å². The Bertz CT molecular complexity index is 1430. The third-order valence-corrected chi connectivity index (χ3v) is 7.13. The number of halogens is 6. The fourth-order valence-corrected chi connectivity index (χ4v) is 4.19. The molecule has 0 fully saturated rings. The number of nitrogens with one attached hydrogen (secondary N) is 1. The van der Waals surface area contributed by atoms with Crippen molar-refractivity contribution in [1.82, 2.24) is 24.5 Å². The van der Waals surface area contributed by atoms with Gasteiger partial charge in [0.25, 0.3) is 0 Å². The Morgan fingerprint density at radius 1 is 0.921 bits per heavy atom. The summed E-state index contributed by atoms with van der Waals surface area (Å²) in [6.07, 6.45) is -6.69. The highest BCUT2D eigenvalue weighted by molar-refractivity contribution is 6.76. The van der Waals surface area contributed by atoms with Crippen LogP contribution in [0, 0.1) is 0 Å². The van der Waals surface area contributed by atoms with E-state index < -0.39 is 31.8 Å². The molecular weight excluding hydrogens is 530 g/mol. The van der Waals surface area contributed by atoms with Gasteiger partial charge in [-0.3, -0.25) is 4.98 Å². The van der Waals surface area contributed by atoms with E-state index in [2.05, 4.69) is 44.9 Å². The fraction of sp³-hybridized carbons (Fsp3) is 0.333. The summed E-state index contributed by atoms with van der Waals surface area (Å²) < 4.78 is 86.8. The van der Waals surface area contributed by atoms with Crippen LogP contribution in [0.1, 0.15) is 11.4 Å². The van der Waals surface area contributed by atoms with Crippen molar-refractivity contribution in [3.05, 3.63) is 60.2 Å². The van der Waals surface area contributed by atoms with Gasteiger partial charge < -0.3 is 14.6 Å². The summed E-state index contributed by atoms with van der Waals surface area (Å²) in [5.74, 6) is -0.0531. The van der Waals surface area contributed by atoms with Crippen LogP contribution < -0.4 is 5.32 Å². The number of ether oxygens (including phenoxy) is 1. The molecule has 7 nitrogen and oxygen atoms in total. The summed E-state index contributed by atoms with van der Waals surface area (Å²) in [7, 11) is -1.33. The average molecular weight is 555 g/mol. The molecule has 0 aromatic carbocycles. The molecule has 0 bridgehead atoms. The Kier molecular flexibility index (Phi) is 7.48. The molecule has 38 heavy (non-hydrogen) atoms. The Hall–Kier alpha value is -3.52. The van der Waals surface area contributed by atoms with E-state index in [9.17, 15) is 26.3 Å². The van der Waals surface area contributed by atoms with Gasteiger partial charge in [-0.05, 0) is 36.4 Å². The van der Waals surface area contributed by atoms with Gasteiger partial charge >= 0.3 is 12.4 Å². The maximum absolute atomic E-state index is 13.3. The molecule has 0 aliphatic heterocycles. The van der Waals surface area contributed by atoms with Crippen LogP contribution in [0.25, 0.3) is 22.6 Å². The number of hydrogen-bond acceptors (Lipinski definition) is 6. The predicted octanol–water partition coefficient (Wildman–Crippen LogP) is 6.98. The lowest BCUT2D eigenvalue weighted by molar-refractivity contribution is -0.141. The monoisotopic (exact) mass is 554 g/mol. The minimum Gasteiger partial charge on any atom is -0.361 e. The van der Waals surface area contributed by atoms with Crippen molar-refractivity contribution in [3.63, 3.8) is 0 Å². The normalized spacial score (nSPS) is 12.8. The zero-order chi connectivity index (χ0) is 27.7. The van der Waals surface area contributed by atoms with Crippen LogP contribution in [0.4, 0.5) is 37.8 Å². The molecule has 4 rings (SSSR count). The molecule has 1 N–H and O–H groups in total. The number of aromatic nitrogens is 5. The van der Waals surface area contributed by atoms with E-state index in [1.165, 1.54) is 18.2 Å². The van der Waals surface area contributed by atoms with Crippen LogP contribution in [-0.4, -0.2) is 39.2 Å². The zero-order valence-electron chi connectivity index (χ0n) is 20.7. The van der Waals surface area contributed by atoms with Crippen molar-refractivity contribution in [3.8, 4) is 11.5 Å². The highest BCUT2D eigenvalue weighted by atomic mass is 28.3. The van der Waals surface area contributed by atoms with Crippen molar-refractivity contribution in [2.75, 3.05) is 11.9 Å². The quantitative estimate of drug-likeness (QED) is 0.144. The Morgan fingerprint density at radius 3 is 2.34 bits per heavy atom. The molecule has 202 valence electrons. The number of anilines is 2. The van der Waals surface area contributed by atoms with E-state index in [4.69, 9.17) is 4.74 Å². The van der Waals surface area contributed by atoms with Gasteiger partial charge in [0, 0.05) is 32.8 Å². The first kappa shape index (κ1) is 27.5. The van der Waals surface area contributed by atoms with Crippen LogP contribution in [0.3, 0.4) is 0 Å². The number of alkyl halides is 6. The molecule has 0 radical (unpaired) electrons. The number of fused-ring (bicyclic) bond motifs is 1. The van der Waals surface area contributed by atoms with Gasteiger partial charge in [-0.15, -0.1) is 0 Å². The van der Waals surface area contributed by atoms with Crippen molar-refractivity contribution in [2.45, 2.75) is 44.8 Å². The van der Waals surface area contributed by atoms with Crippen molar-refractivity contribution in [2.24, 2.45) is 0 Å². The van der Waals surface area contributed by atoms with Crippen LogP contribution in [0.2, 0.25) is 25.7 Å². The Morgan fingerprint density at radius 2 is 1.66 bits per heavy atom. The Balaban J connectivity index is 1.76. The minimum atomic E-state index is -4.68. The molecule has 0 aliphatic carbocycles. The minimum absolute atomic E-state index is 0.0365. The summed E-state index contributed by atoms with van der Waals surface area (Å²) in [6.45, 7) is 7.27. The first-order valence-electron chi connectivity index (χ1n) is 11.5. The highest BCUT2D eigenvalue weighted by Crippen LogP contribution is 2.33. The van der Waals surface area contributed by atoms with Crippen molar-refractivity contribution < 1.29 is 31.1 Å². The third-order valence-electron chi connectivity index (χ3n) is 5.43. The number of nitrogens with zero attached hydrogens (tertiary/aromatic N) is 5. The summed E-state index contributed by atoms with van der Waals surface area (Å²) in [5, 5.41) is 3.26.